The Labute approximate surface area is 122 Å². The number of rotatable bonds is 3. The molecule has 0 aliphatic carbocycles. The summed E-state index contributed by atoms with van der Waals surface area (Å²) >= 11 is 12.1. The van der Waals surface area contributed by atoms with Gasteiger partial charge in [-0.15, -0.1) is 0 Å². The van der Waals surface area contributed by atoms with Gasteiger partial charge in [0, 0.05) is 0 Å². The highest BCUT2D eigenvalue weighted by Crippen LogP contribution is 2.38. The molecule has 0 bridgehead atoms. The summed E-state index contributed by atoms with van der Waals surface area (Å²) in [6.45, 7) is 5.83. The molecule has 1 aromatic carbocycles. The van der Waals surface area contributed by atoms with Gasteiger partial charge in [-0.25, -0.2) is 4.68 Å². The van der Waals surface area contributed by atoms with Gasteiger partial charge in [0.05, 0.1) is 16.8 Å². The molecule has 2 N–H and O–H groups in total. The summed E-state index contributed by atoms with van der Waals surface area (Å²) in [5.74, 6) is 0.944. The molecule has 1 heterocycles. The topological polar surface area (TPSA) is 53.1 Å². The highest BCUT2D eigenvalue weighted by Gasteiger charge is 2.18. The second kappa shape index (κ2) is 5.31. The van der Waals surface area contributed by atoms with Crippen LogP contribution in [0.25, 0.3) is 0 Å². The van der Waals surface area contributed by atoms with Crippen molar-refractivity contribution in [2.45, 2.75) is 26.8 Å². The van der Waals surface area contributed by atoms with Crippen LogP contribution in [0.4, 0.5) is 5.69 Å². The lowest BCUT2D eigenvalue weighted by molar-refractivity contribution is 0.390. The summed E-state index contributed by atoms with van der Waals surface area (Å²) in [7, 11) is 0. The van der Waals surface area contributed by atoms with Crippen LogP contribution in [0, 0.1) is 6.92 Å². The van der Waals surface area contributed by atoms with Crippen LogP contribution in [-0.4, -0.2) is 9.78 Å². The molecule has 1 aromatic heterocycles. The largest absolute Gasteiger partial charge is 0.436 e. The van der Waals surface area contributed by atoms with Gasteiger partial charge in [-0.2, -0.15) is 5.10 Å². The van der Waals surface area contributed by atoms with Crippen molar-refractivity contribution in [2.24, 2.45) is 0 Å². The smallest absolute Gasteiger partial charge is 0.241 e. The Morgan fingerprint density at radius 1 is 1.32 bits per heavy atom. The van der Waals surface area contributed by atoms with Gasteiger partial charge < -0.3 is 10.5 Å². The SMILES string of the molecule is Cc1nn(C(C)C)c(Oc2cccc(Cl)c2Cl)c1N. The second-order valence-electron chi connectivity index (χ2n) is 4.50. The highest BCUT2D eigenvalue weighted by molar-refractivity contribution is 6.42. The minimum atomic E-state index is 0.129. The standard InChI is InChI=1S/C13H15Cl2N3O/c1-7(2)18-13(12(16)8(3)17-18)19-10-6-4-5-9(14)11(10)15/h4-7H,16H2,1-3H3. The maximum Gasteiger partial charge on any atom is 0.241 e. The number of nitrogens with two attached hydrogens (primary N) is 1. The molecule has 2 aromatic rings. The molecule has 6 heteroatoms. The predicted molar refractivity (Wildman–Crippen MR) is 78.3 cm³/mol. The van der Waals surface area contributed by atoms with Crippen molar-refractivity contribution in [1.29, 1.82) is 0 Å². The monoisotopic (exact) mass is 299 g/mol. The normalized spacial score (nSPS) is 11.1. The number of nitrogens with zero attached hydrogens (tertiary/aromatic N) is 2. The molecular weight excluding hydrogens is 285 g/mol. The fourth-order valence-electron chi connectivity index (χ4n) is 1.66. The van der Waals surface area contributed by atoms with Crippen LogP contribution in [-0.2, 0) is 0 Å². The number of ether oxygens (including phenoxy) is 1. The fraction of sp³-hybridized carbons (Fsp3) is 0.308. The molecule has 0 fully saturated rings. The predicted octanol–water partition coefficient (Wildman–Crippen LogP) is 4.45. The lowest BCUT2D eigenvalue weighted by Crippen LogP contribution is -2.05. The summed E-state index contributed by atoms with van der Waals surface area (Å²) in [5.41, 5.74) is 7.22. The van der Waals surface area contributed by atoms with Crippen molar-refractivity contribution in [3.05, 3.63) is 33.9 Å². The average molecular weight is 300 g/mol. The maximum atomic E-state index is 6.11. The zero-order valence-corrected chi connectivity index (χ0v) is 12.5. The van der Waals surface area contributed by atoms with E-state index < -0.39 is 0 Å². The van der Waals surface area contributed by atoms with Gasteiger partial charge in [-0.1, -0.05) is 29.3 Å². The number of benzene rings is 1. The molecule has 0 unspecified atom stereocenters. The molecule has 0 amide bonds. The molecule has 19 heavy (non-hydrogen) atoms. The zero-order valence-electron chi connectivity index (χ0n) is 10.9. The van der Waals surface area contributed by atoms with E-state index in [1.807, 2.05) is 20.8 Å². The quantitative estimate of drug-likeness (QED) is 0.910. The lowest BCUT2D eigenvalue weighted by Gasteiger charge is -2.13. The maximum absolute atomic E-state index is 6.11. The van der Waals surface area contributed by atoms with Crippen LogP contribution < -0.4 is 10.5 Å². The molecule has 0 saturated carbocycles. The number of halogens is 2. The van der Waals surface area contributed by atoms with E-state index in [0.29, 0.717) is 27.4 Å². The van der Waals surface area contributed by atoms with Gasteiger partial charge in [0.2, 0.25) is 5.88 Å². The van der Waals surface area contributed by atoms with Gasteiger partial charge in [0.25, 0.3) is 0 Å². The molecule has 0 aliphatic heterocycles. The Balaban J connectivity index is 2.46. The van der Waals surface area contributed by atoms with Gasteiger partial charge in [-0.05, 0) is 32.9 Å². The minimum Gasteiger partial charge on any atom is -0.436 e. The number of anilines is 1. The molecule has 0 aliphatic rings. The first kappa shape index (κ1) is 14.0. The van der Waals surface area contributed by atoms with E-state index in [1.165, 1.54) is 0 Å². The van der Waals surface area contributed by atoms with Gasteiger partial charge >= 0.3 is 0 Å². The van der Waals surface area contributed by atoms with Crippen molar-refractivity contribution in [3.8, 4) is 11.6 Å². The Morgan fingerprint density at radius 3 is 2.63 bits per heavy atom. The summed E-state index contributed by atoms with van der Waals surface area (Å²) in [5, 5.41) is 5.14. The lowest BCUT2D eigenvalue weighted by atomic mass is 10.3. The zero-order chi connectivity index (χ0) is 14.2. The van der Waals surface area contributed by atoms with Gasteiger partial charge in [0.15, 0.2) is 0 Å². The van der Waals surface area contributed by atoms with Crippen molar-refractivity contribution in [1.82, 2.24) is 9.78 Å². The number of nitrogen functional groups attached to an aromatic ring is 1. The average Bonchev–Trinajstić information content (AvgIpc) is 2.63. The molecule has 102 valence electrons. The van der Waals surface area contributed by atoms with E-state index in [0.717, 1.165) is 5.69 Å². The number of aromatic nitrogens is 2. The van der Waals surface area contributed by atoms with E-state index in [2.05, 4.69) is 5.10 Å². The Bertz CT molecular complexity index is 608. The first-order chi connectivity index (χ1) is 8.91. The third-order valence-electron chi connectivity index (χ3n) is 2.70. The first-order valence-corrected chi connectivity index (χ1v) is 6.63. The number of aryl methyl sites for hydroxylation is 1. The first-order valence-electron chi connectivity index (χ1n) is 5.88. The molecule has 0 radical (unpaired) electrons. The third kappa shape index (κ3) is 2.65. The summed E-state index contributed by atoms with van der Waals surface area (Å²) in [4.78, 5) is 0. The molecule has 0 spiro atoms. The van der Waals surface area contributed by atoms with Crippen LogP contribution in [0.3, 0.4) is 0 Å². The molecular formula is C13H15Cl2N3O. The Kier molecular flexibility index (Phi) is 3.92. The van der Waals surface area contributed by atoms with Crippen LogP contribution in [0.1, 0.15) is 25.6 Å². The molecule has 2 rings (SSSR count). The van der Waals surface area contributed by atoms with Crippen LogP contribution in [0.2, 0.25) is 10.0 Å². The van der Waals surface area contributed by atoms with Crippen LogP contribution in [0.15, 0.2) is 18.2 Å². The van der Waals surface area contributed by atoms with E-state index >= 15 is 0 Å². The second-order valence-corrected chi connectivity index (χ2v) is 5.28. The summed E-state index contributed by atoms with van der Waals surface area (Å²) in [6.07, 6.45) is 0. The number of hydrogen-bond acceptors (Lipinski definition) is 3. The number of hydrogen-bond donors (Lipinski definition) is 1. The highest BCUT2D eigenvalue weighted by atomic mass is 35.5. The van der Waals surface area contributed by atoms with Gasteiger partial charge in [0.1, 0.15) is 16.5 Å². The Hall–Kier alpha value is -1.39. The minimum absolute atomic E-state index is 0.129. The van der Waals surface area contributed by atoms with Crippen molar-refractivity contribution >= 4 is 28.9 Å². The van der Waals surface area contributed by atoms with Crippen LogP contribution >= 0.6 is 23.2 Å². The van der Waals surface area contributed by atoms with Gasteiger partial charge in [-0.3, -0.25) is 0 Å². The van der Waals surface area contributed by atoms with E-state index in [-0.39, 0.29) is 6.04 Å². The van der Waals surface area contributed by atoms with Crippen molar-refractivity contribution < 1.29 is 4.74 Å². The van der Waals surface area contributed by atoms with Crippen molar-refractivity contribution in [3.63, 3.8) is 0 Å². The van der Waals surface area contributed by atoms with E-state index in [1.54, 1.807) is 22.9 Å². The van der Waals surface area contributed by atoms with E-state index in [9.17, 15) is 0 Å². The van der Waals surface area contributed by atoms with E-state index in [4.69, 9.17) is 33.7 Å². The summed E-state index contributed by atoms with van der Waals surface area (Å²) in [6, 6.07) is 5.33. The molecule has 4 nitrogen and oxygen atoms in total. The third-order valence-corrected chi connectivity index (χ3v) is 3.50. The molecule has 0 atom stereocenters. The summed E-state index contributed by atoms with van der Waals surface area (Å²) < 4.78 is 7.52. The van der Waals surface area contributed by atoms with Crippen molar-refractivity contribution in [2.75, 3.05) is 5.73 Å². The Morgan fingerprint density at radius 2 is 2.00 bits per heavy atom. The fourth-order valence-corrected chi connectivity index (χ4v) is 1.99. The van der Waals surface area contributed by atoms with Crippen LogP contribution in [0.5, 0.6) is 11.6 Å². The molecule has 0 saturated heterocycles.